The number of nitrogens with zero attached hydrogens (tertiary/aromatic N) is 1. The summed E-state index contributed by atoms with van der Waals surface area (Å²) in [5.41, 5.74) is 0.00630. The summed E-state index contributed by atoms with van der Waals surface area (Å²) < 4.78 is 4.70. The van der Waals surface area contributed by atoms with Crippen molar-refractivity contribution in [3.05, 3.63) is 28.1 Å². The Balaban J connectivity index is 2.40. The van der Waals surface area contributed by atoms with Gasteiger partial charge in [-0.05, 0) is 6.92 Å². The molecule has 1 aromatic rings. The molecule has 1 N–H and O–H groups in total. The first kappa shape index (κ1) is 14.2. The van der Waals surface area contributed by atoms with Crippen LogP contribution in [-0.2, 0) is 9.53 Å². The number of aromatic amines is 1. The standard InChI is InChI=1S/C10H12N2O5S/c1-2-17-10(14)6-18-5-9(13)8-3-7(4-11-8)12(15)16/h3-4,11H,2,5-6H2,1H3. The van der Waals surface area contributed by atoms with E-state index in [9.17, 15) is 19.7 Å². The maximum Gasteiger partial charge on any atom is 0.315 e. The Bertz CT molecular complexity index is 457. The van der Waals surface area contributed by atoms with Crippen molar-refractivity contribution < 1.29 is 19.2 Å². The van der Waals surface area contributed by atoms with Gasteiger partial charge in [0.15, 0.2) is 5.78 Å². The van der Waals surface area contributed by atoms with Crippen LogP contribution < -0.4 is 0 Å². The quantitative estimate of drug-likeness (QED) is 0.348. The van der Waals surface area contributed by atoms with E-state index in [1.807, 2.05) is 0 Å². The number of hydrogen-bond donors (Lipinski definition) is 1. The average Bonchev–Trinajstić information content (AvgIpc) is 2.78. The third-order valence-corrected chi connectivity index (χ3v) is 2.84. The van der Waals surface area contributed by atoms with Crippen molar-refractivity contribution in [1.29, 1.82) is 0 Å². The lowest BCUT2D eigenvalue weighted by molar-refractivity contribution is -0.384. The molecular weight excluding hydrogens is 260 g/mol. The van der Waals surface area contributed by atoms with E-state index in [0.717, 1.165) is 18.0 Å². The number of rotatable bonds is 7. The van der Waals surface area contributed by atoms with Gasteiger partial charge in [-0.25, -0.2) is 0 Å². The van der Waals surface area contributed by atoms with Gasteiger partial charge in [0, 0.05) is 6.07 Å². The van der Waals surface area contributed by atoms with E-state index >= 15 is 0 Å². The molecular formula is C10H12N2O5S. The largest absolute Gasteiger partial charge is 0.465 e. The molecule has 0 spiro atoms. The molecule has 0 aliphatic carbocycles. The number of Topliss-reactive ketones (excluding diaryl/α,β-unsaturated/α-hetero) is 1. The number of esters is 1. The summed E-state index contributed by atoms with van der Waals surface area (Å²) in [5.74, 6) is -0.524. The number of nitro groups is 1. The Morgan fingerprint density at radius 2 is 2.22 bits per heavy atom. The highest BCUT2D eigenvalue weighted by Crippen LogP contribution is 2.14. The van der Waals surface area contributed by atoms with E-state index in [4.69, 9.17) is 4.74 Å². The number of ketones is 1. The van der Waals surface area contributed by atoms with Crippen molar-refractivity contribution in [1.82, 2.24) is 4.98 Å². The first-order chi connectivity index (χ1) is 8.54. The lowest BCUT2D eigenvalue weighted by atomic mass is 10.3. The van der Waals surface area contributed by atoms with Gasteiger partial charge in [0.1, 0.15) is 0 Å². The highest BCUT2D eigenvalue weighted by Gasteiger charge is 2.14. The minimum absolute atomic E-state index is 0.0660. The molecule has 0 saturated heterocycles. The molecule has 0 atom stereocenters. The molecule has 0 aliphatic rings. The van der Waals surface area contributed by atoms with Crippen molar-refractivity contribution >= 4 is 29.2 Å². The highest BCUT2D eigenvalue weighted by molar-refractivity contribution is 8.00. The summed E-state index contributed by atoms with van der Waals surface area (Å²) >= 11 is 1.11. The fourth-order valence-electron chi connectivity index (χ4n) is 1.16. The van der Waals surface area contributed by atoms with Gasteiger partial charge in [0.25, 0.3) is 5.69 Å². The zero-order chi connectivity index (χ0) is 13.5. The Hall–Kier alpha value is -1.83. The average molecular weight is 272 g/mol. The Morgan fingerprint density at radius 3 is 2.78 bits per heavy atom. The lowest BCUT2D eigenvalue weighted by Crippen LogP contribution is -2.10. The summed E-state index contributed by atoms with van der Waals surface area (Å²) in [4.78, 5) is 35.0. The van der Waals surface area contributed by atoms with Crippen molar-refractivity contribution in [2.45, 2.75) is 6.92 Å². The molecule has 0 aromatic carbocycles. The number of aromatic nitrogens is 1. The van der Waals surface area contributed by atoms with Gasteiger partial charge >= 0.3 is 5.97 Å². The van der Waals surface area contributed by atoms with Crippen LogP contribution in [0.1, 0.15) is 17.4 Å². The van der Waals surface area contributed by atoms with Gasteiger partial charge in [0.2, 0.25) is 0 Å². The molecule has 0 fully saturated rings. The second kappa shape index (κ2) is 6.80. The van der Waals surface area contributed by atoms with Crippen LogP contribution in [0.15, 0.2) is 12.3 Å². The topological polar surface area (TPSA) is 102 Å². The van der Waals surface area contributed by atoms with Crippen molar-refractivity contribution in [3.63, 3.8) is 0 Å². The van der Waals surface area contributed by atoms with Crippen LogP contribution >= 0.6 is 11.8 Å². The van der Waals surface area contributed by atoms with Gasteiger partial charge in [-0.3, -0.25) is 19.7 Å². The number of carbonyl (C=O) groups excluding carboxylic acids is 2. The number of nitrogens with one attached hydrogen (secondary N) is 1. The van der Waals surface area contributed by atoms with Crippen LogP contribution in [0.25, 0.3) is 0 Å². The molecule has 0 saturated carbocycles. The maximum absolute atomic E-state index is 11.6. The van der Waals surface area contributed by atoms with E-state index in [-0.39, 0.29) is 34.6 Å². The second-order valence-corrected chi connectivity index (χ2v) is 4.24. The minimum atomic E-state index is -0.584. The molecule has 0 amide bonds. The zero-order valence-electron chi connectivity index (χ0n) is 9.67. The van der Waals surface area contributed by atoms with Gasteiger partial charge in [-0.15, -0.1) is 11.8 Å². The lowest BCUT2D eigenvalue weighted by Gasteiger charge is -2.00. The van der Waals surface area contributed by atoms with Crippen molar-refractivity contribution in [2.24, 2.45) is 0 Å². The Labute approximate surface area is 107 Å². The molecule has 18 heavy (non-hydrogen) atoms. The fourth-order valence-corrected chi connectivity index (χ4v) is 1.85. The second-order valence-electron chi connectivity index (χ2n) is 3.25. The summed E-state index contributed by atoms with van der Waals surface area (Å²) in [7, 11) is 0. The van der Waals surface area contributed by atoms with Gasteiger partial charge in [0.05, 0.1) is 34.9 Å². The molecule has 8 heteroatoms. The molecule has 0 unspecified atom stereocenters. The zero-order valence-corrected chi connectivity index (χ0v) is 10.5. The highest BCUT2D eigenvalue weighted by atomic mass is 32.2. The Morgan fingerprint density at radius 1 is 1.50 bits per heavy atom. The van der Waals surface area contributed by atoms with Crippen LogP contribution in [0.2, 0.25) is 0 Å². The van der Waals surface area contributed by atoms with Crippen molar-refractivity contribution in [2.75, 3.05) is 18.1 Å². The summed E-state index contributed by atoms with van der Waals surface area (Å²) in [6.45, 7) is 2.00. The summed E-state index contributed by atoms with van der Waals surface area (Å²) in [6, 6.07) is 1.17. The number of thioether (sulfide) groups is 1. The molecule has 98 valence electrons. The molecule has 0 aliphatic heterocycles. The van der Waals surface area contributed by atoms with Gasteiger partial charge < -0.3 is 9.72 Å². The third kappa shape index (κ3) is 4.21. The fraction of sp³-hybridized carbons (Fsp3) is 0.400. The molecule has 7 nitrogen and oxygen atoms in total. The van der Waals surface area contributed by atoms with E-state index in [1.54, 1.807) is 6.92 Å². The van der Waals surface area contributed by atoms with Crippen LogP contribution in [0.5, 0.6) is 0 Å². The molecule has 0 radical (unpaired) electrons. The Kier molecular flexibility index (Phi) is 5.37. The smallest absolute Gasteiger partial charge is 0.315 e. The summed E-state index contributed by atoms with van der Waals surface area (Å²) in [5, 5.41) is 10.4. The van der Waals surface area contributed by atoms with Gasteiger partial charge in [-0.2, -0.15) is 0 Å². The van der Waals surface area contributed by atoms with E-state index in [2.05, 4.69) is 4.98 Å². The van der Waals surface area contributed by atoms with E-state index < -0.39 is 4.92 Å². The van der Waals surface area contributed by atoms with Crippen molar-refractivity contribution in [3.8, 4) is 0 Å². The molecule has 1 aromatic heterocycles. The minimum Gasteiger partial charge on any atom is -0.465 e. The first-order valence-electron chi connectivity index (χ1n) is 5.14. The number of carbonyl (C=O) groups is 2. The molecule has 1 heterocycles. The first-order valence-corrected chi connectivity index (χ1v) is 6.29. The number of ether oxygens (including phenoxy) is 1. The van der Waals surface area contributed by atoms with Crippen LogP contribution in [0.4, 0.5) is 5.69 Å². The monoisotopic (exact) mass is 272 g/mol. The summed E-state index contributed by atoms with van der Waals surface area (Å²) in [6.07, 6.45) is 1.16. The third-order valence-electron chi connectivity index (χ3n) is 1.94. The van der Waals surface area contributed by atoms with Crippen LogP contribution in [0.3, 0.4) is 0 Å². The van der Waals surface area contributed by atoms with Crippen LogP contribution in [0, 0.1) is 10.1 Å². The molecule has 0 bridgehead atoms. The normalized spacial score (nSPS) is 10.1. The van der Waals surface area contributed by atoms with Crippen LogP contribution in [-0.4, -0.2) is 39.8 Å². The van der Waals surface area contributed by atoms with E-state index in [0.29, 0.717) is 6.61 Å². The SMILES string of the molecule is CCOC(=O)CSCC(=O)c1cc([N+](=O)[O-])c[nH]1. The number of H-pyrrole nitrogens is 1. The number of hydrogen-bond acceptors (Lipinski definition) is 6. The molecule has 1 rings (SSSR count). The van der Waals surface area contributed by atoms with Gasteiger partial charge in [-0.1, -0.05) is 0 Å². The van der Waals surface area contributed by atoms with E-state index in [1.165, 1.54) is 6.07 Å². The predicted molar refractivity (Wildman–Crippen MR) is 65.7 cm³/mol. The maximum atomic E-state index is 11.6. The predicted octanol–water partition coefficient (Wildman–Crippen LogP) is 1.40.